The SMILES string of the molecule is COc1ccc(C(CC(=O)O)N(CCOCCOCCOCCN=[N+]=[N-])C(=O)CCCCc2ccc3c(n2)NCCC3)cc1F. The lowest BCUT2D eigenvalue weighted by Gasteiger charge is -2.32. The summed E-state index contributed by atoms with van der Waals surface area (Å²) in [5.74, 6) is -1.03. The maximum Gasteiger partial charge on any atom is 0.305 e. The first-order valence-electron chi connectivity index (χ1n) is 15.2. The smallest absolute Gasteiger partial charge is 0.305 e. The summed E-state index contributed by atoms with van der Waals surface area (Å²) in [4.78, 5) is 34.2. The second-order valence-corrected chi connectivity index (χ2v) is 10.4. The highest BCUT2D eigenvalue weighted by Crippen LogP contribution is 2.29. The van der Waals surface area contributed by atoms with Crippen molar-refractivity contribution in [2.75, 3.05) is 71.7 Å². The minimum Gasteiger partial charge on any atom is -0.494 e. The van der Waals surface area contributed by atoms with Crippen molar-refractivity contribution < 1.29 is 38.0 Å². The zero-order chi connectivity index (χ0) is 32.3. The van der Waals surface area contributed by atoms with Gasteiger partial charge in [0.25, 0.3) is 0 Å². The molecule has 1 aliphatic rings. The summed E-state index contributed by atoms with van der Waals surface area (Å²) in [7, 11) is 1.35. The largest absolute Gasteiger partial charge is 0.494 e. The molecule has 0 fully saturated rings. The van der Waals surface area contributed by atoms with Crippen molar-refractivity contribution in [1.82, 2.24) is 9.88 Å². The Bertz CT molecular complexity index is 1280. The van der Waals surface area contributed by atoms with E-state index in [2.05, 4.69) is 21.4 Å². The number of aromatic nitrogens is 1. The lowest BCUT2D eigenvalue weighted by Crippen LogP contribution is -2.38. The van der Waals surface area contributed by atoms with E-state index in [9.17, 15) is 19.1 Å². The Kier molecular flexibility index (Phi) is 15.9. The number of nitrogens with one attached hydrogen (secondary N) is 1. The van der Waals surface area contributed by atoms with E-state index >= 15 is 0 Å². The number of benzene rings is 1. The van der Waals surface area contributed by atoms with Crippen LogP contribution in [-0.2, 0) is 36.6 Å². The van der Waals surface area contributed by atoms with Crippen molar-refractivity contribution in [1.29, 1.82) is 0 Å². The van der Waals surface area contributed by atoms with Gasteiger partial charge in [-0.15, -0.1) is 0 Å². The first-order chi connectivity index (χ1) is 21.9. The van der Waals surface area contributed by atoms with Gasteiger partial charge in [0.1, 0.15) is 5.82 Å². The zero-order valence-corrected chi connectivity index (χ0v) is 25.8. The monoisotopic (exact) mass is 630 g/mol. The molecule has 13 nitrogen and oxygen atoms in total. The van der Waals surface area contributed by atoms with Gasteiger partial charge in [0, 0.05) is 36.7 Å². The Balaban J connectivity index is 1.56. The fraction of sp³-hybridized carbons (Fsp3) is 0.581. The maximum absolute atomic E-state index is 14.6. The van der Waals surface area contributed by atoms with Crippen molar-refractivity contribution in [3.8, 4) is 5.75 Å². The molecule has 246 valence electrons. The number of carbonyl (C=O) groups is 2. The number of hydrogen-bond donors (Lipinski definition) is 2. The van der Waals surface area contributed by atoms with Crippen LogP contribution in [-0.4, -0.2) is 93.3 Å². The van der Waals surface area contributed by atoms with Crippen molar-refractivity contribution >= 4 is 17.7 Å². The third-order valence-corrected chi connectivity index (χ3v) is 7.27. The molecule has 0 aliphatic carbocycles. The molecule has 1 aromatic heterocycles. The molecule has 0 bridgehead atoms. The number of aliphatic carboxylic acids is 1. The van der Waals surface area contributed by atoms with Gasteiger partial charge in [-0.2, -0.15) is 0 Å². The number of rotatable bonds is 22. The van der Waals surface area contributed by atoms with Crippen molar-refractivity contribution in [2.45, 2.75) is 51.0 Å². The third kappa shape index (κ3) is 12.5. The molecule has 45 heavy (non-hydrogen) atoms. The van der Waals surface area contributed by atoms with Crippen LogP contribution in [0.25, 0.3) is 10.4 Å². The molecule has 14 heteroatoms. The average molecular weight is 631 g/mol. The number of ether oxygens (including phenoxy) is 4. The third-order valence-electron chi connectivity index (χ3n) is 7.27. The number of fused-ring (bicyclic) bond motifs is 1. The van der Waals surface area contributed by atoms with Crippen LogP contribution >= 0.6 is 0 Å². The number of halogens is 1. The molecular formula is C31H43FN6O7. The molecule has 1 aromatic carbocycles. The molecule has 3 rings (SSSR count). The number of pyridine rings is 1. The summed E-state index contributed by atoms with van der Waals surface area (Å²) in [6.45, 7) is 2.96. The Morgan fingerprint density at radius 2 is 1.87 bits per heavy atom. The summed E-state index contributed by atoms with van der Waals surface area (Å²) in [6.07, 6.45) is 3.93. The van der Waals surface area contributed by atoms with Crippen LogP contribution < -0.4 is 10.1 Å². The number of unbranched alkanes of at least 4 members (excludes halogenated alkanes) is 1. The molecule has 1 unspecified atom stereocenters. The van der Waals surface area contributed by atoms with Gasteiger partial charge in [-0.05, 0) is 67.0 Å². The Morgan fingerprint density at radius 1 is 1.11 bits per heavy atom. The number of azide groups is 1. The Morgan fingerprint density at radius 3 is 2.58 bits per heavy atom. The molecule has 2 N–H and O–H groups in total. The van der Waals surface area contributed by atoms with Gasteiger partial charge < -0.3 is 34.3 Å². The summed E-state index contributed by atoms with van der Waals surface area (Å²) >= 11 is 0. The molecule has 0 saturated carbocycles. The second kappa shape index (κ2) is 20.1. The van der Waals surface area contributed by atoms with Crippen molar-refractivity contribution in [3.05, 3.63) is 63.4 Å². The van der Waals surface area contributed by atoms with Crippen LogP contribution in [0, 0.1) is 5.82 Å². The van der Waals surface area contributed by atoms with Crippen LogP contribution in [0.3, 0.4) is 0 Å². The van der Waals surface area contributed by atoms with Crippen molar-refractivity contribution in [2.24, 2.45) is 5.11 Å². The fourth-order valence-corrected chi connectivity index (χ4v) is 5.01. The highest BCUT2D eigenvalue weighted by Gasteiger charge is 2.28. The van der Waals surface area contributed by atoms with Crippen LogP contribution in [0.5, 0.6) is 5.75 Å². The molecule has 0 radical (unpaired) electrons. The lowest BCUT2D eigenvalue weighted by atomic mass is 10.00. The summed E-state index contributed by atoms with van der Waals surface area (Å²) in [5, 5.41) is 16.4. The Hall–Kier alpha value is -3.97. The van der Waals surface area contributed by atoms with Crippen molar-refractivity contribution in [3.63, 3.8) is 0 Å². The number of aryl methyl sites for hydroxylation is 2. The van der Waals surface area contributed by atoms with Crippen LogP contribution in [0.4, 0.5) is 10.2 Å². The molecule has 1 aliphatic heterocycles. The lowest BCUT2D eigenvalue weighted by molar-refractivity contribution is -0.141. The standard InChI is InChI=1S/C31H43FN6O7/c1-42-28-11-9-24(21-26(28)32)27(22-30(40)41)38(14-16-44-18-20-45-19-17-43-15-13-35-37-33)29(39)7-3-2-6-25-10-8-23-5-4-12-34-31(23)36-25/h8-11,21,27H,2-7,12-20,22H2,1H3,(H,34,36)(H,40,41). The minimum absolute atomic E-state index is 0.0288. The topological polar surface area (TPSA) is 168 Å². The number of hydrogen-bond acceptors (Lipinski definition) is 9. The van der Waals surface area contributed by atoms with E-state index in [1.165, 1.54) is 29.7 Å². The highest BCUT2D eigenvalue weighted by molar-refractivity contribution is 5.78. The zero-order valence-electron chi connectivity index (χ0n) is 25.8. The van der Waals surface area contributed by atoms with E-state index in [1.54, 1.807) is 6.07 Å². The Labute approximate surface area is 262 Å². The molecule has 0 saturated heterocycles. The summed E-state index contributed by atoms with van der Waals surface area (Å²) in [5.41, 5.74) is 10.8. The molecule has 2 heterocycles. The summed E-state index contributed by atoms with van der Waals surface area (Å²) < 4.78 is 36.1. The van der Waals surface area contributed by atoms with Gasteiger partial charge in [0.2, 0.25) is 5.91 Å². The van der Waals surface area contributed by atoms with Crippen LogP contribution in [0.2, 0.25) is 0 Å². The first-order valence-corrected chi connectivity index (χ1v) is 15.2. The maximum atomic E-state index is 14.6. The van der Waals surface area contributed by atoms with Gasteiger partial charge in [0.05, 0.1) is 59.2 Å². The number of amides is 1. The fourth-order valence-electron chi connectivity index (χ4n) is 5.01. The molecule has 2 aromatic rings. The van der Waals surface area contributed by atoms with Gasteiger partial charge in [-0.25, -0.2) is 9.37 Å². The predicted octanol–water partition coefficient (Wildman–Crippen LogP) is 4.70. The van der Waals surface area contributed by atoms with E-state index in [0.29, 0.717) is 44.8 Å². The van der Waals surface area contributed by atoms with Gasteiger partial charge in [-0.1, -0.05) is 17.2 Å². The van der Waals surface area contributed by atoms with Gasteiger partial charge >= 0.3 is 5.97 Å². The van der Waals surface area contributed by atoms with E-state index in [0.717, 1.165) is 37.3 Å². The minimum atomic E-state index is -1.11. The first kappa shape index (κ1) is 35.5. The number of anilines is 1. The number of methoxy groups -OCH3 is 1. The van der Waals surface area contributed by atoms with Gasteiger partial charge in [0.15, 0.2) is 11.6 Å². The van der Waals surface area contributed by atoms with Crippen LogP contribution in [0.1, 0.15) is 55.0 Å². The van der Waals surface area contributed by atoms with Crippen LogP contribution in [0.15, 0.2) is 35.4 Å². The molecule has 0 spiro atoms. The average Bonchev–Trinajstić information content (AvgIpc) is 3.04. The predicted molar refractivity (Wildman–Crippen MR) is 165 cm³/mol. The second-order valence-electron chi connectivity index (χ2n) is 10.4. The normalized spacial score (nSPS) is 12.8. The number of carbonyl (C=O) groups excluding carboxylic acids is 1. The highest BCUT2D eigenvalue weighted by atomic mass is 19.1. The number of carboxylic acids is 1. The van der Waals surface area contributed by atoms with E-state index in [4.69, 9.17) is 29.5 Å². The van der Waals surface area contributed by atoms with E-state index in [1.807, 2.05) is 6.07 Å². The molecule has 1 amide bonds. The summed E-state index contributed by atoms with van der Waals surface area (Å²) in [6, 6.07) is 7.46. The molecular weight excluding hydrogens is 587 g/mol. The number of carboxylic acid groups (broad SMARTS) is 1. The number of nitrogens with zero attached hydrogens (tertiary/aromatic N) is 5. The van der Waals surface area contributed by atoms with E-state index in [-0.39, 0.29) is 44.4 Å². The molecule has 1 atom stereocenters. The van der Waals surface area contributed by atoms with E-state index < -0.39 is 24.2 Å². The van der Waals surface area contributed by atoms with Gasteiger partial charge in [-0.3, -0.25) is 9.59 Å². The quantitative estimate of drug-likeness (QED) is 0.0810.